The zero-order valence-electron chi connectivity index (χ0n) is 5.65. The number of rotatable bonds is 1. The van der Waals surface area contributed by atoms with E-state index in [1.165, 1.54) is 6.08 Å². The van der Waals surface area contributed by atoms with Gasteiger partial charge in [0.15, 0.2) is 11.0 Å². The molecule has 1 aliphatic rings. The zero-order chi connectivity index (χ0) is 7.68. The van der Waals surface area contributed by atoms with Gasteiger partial charge in [-0.2, -0.15) is 0 Å². The van der Waals surface area contributed by atoms with Crippen LogP contribution in [-0.4, -0.2) is 21.4 Å². The lowest BCUT2D eigenvalue weighted by Crippen LogP contribution is -1.91. The molecule has 56 valence electrons. The second-order valence-corrected chi connectivity index (χ2v) is 3.16. The number of thioether (sulfide) groups is 1. The first kappa shape index (κ1) is 6.64. The Hall–Kier alpha value is -1.06. The van der Waals surface area contributed by atoms with Gasteiger partial charge in [-0.25, -0.2) is 9.78 Å². The van der Waals surface area contributed by atoms with E-state index in [4.69, 9.17) is 0 Å². The number of nitrogens with zero attached hydrogens (tertiary/aromatic N) is 3. The fraction of sp³-hybridized carbons (Fsp3) is 0.333. The number of aliphatic imine (C=N–C) groups is 1. The van der Waals surface area contributed by atoms with Crippen LogP contribution in [0.2, 0.25) is 0 Å². The smallest absolute Gasteiger partial charge is 0.242 e. The Kier molecular flexibility index (Phi) is 1.52. The van der Waals surface area contributed by atoms with Crippen molar-refractivity contribution in [3.63, 3.8) is 0 Å². The zero-order valence-corrected chi connectivity index (χ0v) is 6.47. The highest BCUT2D eigenvalue weighted by Gasteiger charge is 2.15. The molecule has 0 saturated carbocycles. The largest absolute Gasteiger partial charge is 0.303 e. The molecule has 1 aromatic heterocycles. The van der Waals surface area contributed by atoms with Gasteiger partial charge in [-0.05, 0) is 0 Å². The second kappa shape index (κ2) is 2.53. The maximum atomic E-state index is 9.93. The standard InChI is InChI=1S/C6H5N3OS/c10-4-8-5-3-7-6-9(5)1-2-11-6/h3H,1-2H2. The van der Waals surface area contributed by atoms with Crippen molar-refractivity contribution in [2.45, 2.75) is 11.7 Å². The number of aromatic nitrogens is 2. The van der Waals surface area contributed by atoms with Crippen molar-refractivity contribution in [2.24, 2.45) is 4.99 Å². The Bertz CT molecular complexity index is 327. The van der Waals surface area contributed by atoms with Crippen molar-refractivity contribution in [1.82, 2.24) is 9.55 Å². The number of hydrogen-bond acceptors (Lipinski definition) is 4. The van der Waals surface area contributed by atoms with Crippen molar-refractivity contribution in [3.05, 3.63) is 6.20 Å². The maximum absolute atomic E-state index is 9.93. The maximum Gasteiger partial charge on any atom is 0.242 e. The summed E-state index contributed by atoms with van der Waals surface area (Å²) in [5.41, 5.74) is 0. The molecule has 0 N–H and O–H groups in total. The Labute approximate surface area is 67.3 Å². The van der Waals surface area contributed by atoms with Crippen LogP contribution in [0.25, 0.3) is 0 Å². The van der Waals surface area contributed by atoms with E-state index in [1.807, 2.05) is 4.57 Å². The van der Waals surface area contributed by atoms with Gasteiger partial charge >= 0.3 is 0 Å². The molecule has 5 heteroatoms. The quantitative estimate of drug-likeness (QED) is 0.462. The van der Waals surface area contributed by atoms with Crippen LogP contribution in [0.4, 0.5) is 5.82 Å². The third kappa shape index (κ3) is 0.982. The first-order chi connectivity index (χ1) is 5.42. The van der Waals surface area contributed by atoms with Crippen molar-refractivity contribution in [2.75, 3.05) is 5.75 Å². The number of carbonyl (C=O) groups excluding carboxylic acids is 1. The van der Waals surface area contributed by atoms with E-state index in [-0.39, 0.29) is 0 Å². The van der Waals surface area contributed by atoms with E-state index in [0.29, 0.717) is 5.82 Å². The molecule has 0 unspecified atom stereocenters. The predicted molar refractivity (Wildman–Crippen MR) is 40.7 cm³/mol. The lowest BCUT2D eigenvalue weighted by Gasteiger charge is -1.93. The lowest BCUT2D eigenvalue weighted by molar-refractivity contribution is 0.564. The average Bonchev–Trinajstić information content (AvgIpc) is 2.53. The summed E-state index contributed by atoms with van der Waals surface area (Å²) in [5.74, 6) is 1.63. The van der Waals surface area contributed by atoms with Crippen LogP contribution in [0.15, 0.2) is 16.3 Å². The molecule has 4 nitrogen and oxygen atoms in total. The molecule has 1 aromatic rings. The topological polar surface area (TPSA) is 47.2 Å². The summed E-state index contributed by atoms with van der Waals surface area (Å²) in [7, 11) is 0. The molecule has 0 amide bonds. The number of isocyanates is 1. The molecular formula is C6H5N3OS. The molecule has 0 aromatic carbocycles. The summed E-state index contributed by atoms with van der Waals surface area (Å²) in [5, 5.41) is 0.944. The molecule has 2 rings (SSSR count). The summed E-state index contributed by atoms with van der Waals surface area (Å²) in [6, 6.07) is 0. The summed E-state index contributed by atoms with van der Waals surface area (Å²) in [6.07, 6.45) is 3.09. The highest BCUT2D eigenvalue weighted by Crippen LogP contribution is 2.28. The van der Waals surface area contributed by atoms with Crippen LogP contribution in [-0.2, 0) is 11.3 Å². The van der Waals surface area contributed by atoms with Crippen LogP contribution in [0.3, 0.4) is 0 Å². The van der Waals surface area contributed by atoms with E-state index in [2.05, 4.69) is 9.98 Å². The Morgan fingerprint density at radius 2 is 2.73 bits per heavy atom. The van der Waals surface area contributed by atoms with Gasteiger partial charge in [0.05, 0.1) is 6.20 Å². The number of imidazole rings is 1. The number of hydrogen-bond donors (Lipinski definition) is 0. The van der Waals surface area contributed by atoms with Crippen LogP contribution in [0, 0.1) is 0 Å². The molecule has 0 fully saturated rings. The summed E-state index contributed by atoms with van der Waals surface area (Å²) in [4.78, 5) is 17.5. The van der Waals surface area contributed by atoms with E-state index in [1.54, 1.807) is 18.0 Å². The molecule has 11 heavy (non-hydrogen) atoms. The van der Waals surface area contributed by atoms with E-state index < -0.39 is 0 Å². The van der Waals surface area contributed by atoms with Gasteiger partial charge in [-0.1, -0.05) is 11.8 Å². The molecule has 0 atom stereocenters. The highest BCUT2D eigenvalue weighted by molar-refractivity contribution is 7.99. The highest BCUT2D eigenvalue weighted by atomic mass is 32.2. The van der Waals surface area contributed by atoms with Crippen molar-refractivity contribution < 1.29 is 4.79 Å². The Balaban J connectivity index is 2.49. The molecule has 0 aliphatic carbocycles. The lowest BCUT2D eigenvalue weighted by atomic mass is 10.6. The van der Waals surface area contributed by atoms with Gasteiger partial charge in [0, 0.05) is 12.3 Å². The van der Waals surface area contributed by atoms with Crippen molar-refractivity contribution in [1.29, 1.82) is 0 Å². The SMILES string of the molecule is O=C=Nc1cnc2n1CCS2. The summed E-state index contributed by atoms with van der Waals surface area (Å²) in [6.45, 7) is 0.889. The first-order valence-corrected chi connectivity index (χ1v) is 4.16. The molecule has 0 radical (unpaired) electrons. The fourth-order valence-electron chi connectivity index (χ4n) is 1.04. The normalized spacial score (nSPS) is 14.2. The third-order valence-electron chi connectivity index (χ3n) is 1.50. The van der Waals surface area contributed by atoms with Crippen molar-refractivity contribution in [3.8, 4) is 0 Å². The summed E-state index contributed by atoms with van der Waals surface area (Å²) < 4.78 is 1.91. The molecule has 0 saturated heterocycles. The van der Waals surface area contributed by atoms with Crippen molar-refractivity contribution >= 4 is 23.7 Å². The molecule has 2 heterocycles. The third-order valence-corrected chi connectivity index (χ3v) is 2.47. The van der Waals surface area contributed by atoms with Gasteiger partial charge in [-0.3, -0.25) is 0 Å². The summed E-state index contributed by atoms with van der Waals surface area (Å²) >= 11 is 1.68. The Morgan fingerprint density at radius 1 is 1.82 bits per heavy atom. The van der Waals surface area contributed by atoms with Crippen LogP contribution < -0.4 is 0 Å². The van der Waals surface area contributed by atoms with Gasteiger partial charge < -0.3 is 4.57 Å². The minimum Gasteiger partial charge on any atom is -0.303 e. The minimum atomic E-state index is 0.611. The average molecular weight is 167 g/mol. The molecule has 0 spiro atoms. The fourth-order valence-corrected chi connectivity index (χ4v) is 1.96. The molecule has 1 aliphatic heterocycles. The van der Waals surface area contributed by atoms with Gasteiger partial charge in [0.25, 0.3) is 0 Å². The van der Waals surface area contributed by atoms with E-state index in [9.17, 15) is 4.79 Å². The minimum absolute atomic E-state index is 0.611. The number of fused-ring (bicyclic) bond motifs is 1. The second-order valence-electron chi connectivity index (χ2n) is 2.10. The van der Waals surface area contributed by atoms with Gasteiger partial charge in [-0.15, -0.1) is 4.99 Å². The molecule has 0 bridgehead atoms. The van der Waals surface area contributed by atoms with E-state index >= 15 is 0 Å². The van der Waals surface area contributed by atoms with Crippen LogP contribution in [0.1, 0.15) is 0 Å². The Morgan fingerprint density at radius 3 is 3.55 bits per heavy atom. The first-order valence-electron chi connectivity index (χ1n) is 3.18. The van der Waals surface area contributed by atoms with Gasteiger partial charge in [0.1, 0.15) is 0 Å². The monoisotopic (exact) mass is 167 g/mol. The molecular weight excluding hydrogens is 162 g/mol. The van der Waals surface area contributed by atoms with Gasteiger partial charge in [0.2, 0.25) is 6.08 Å². The van der Waals surface area contributed by atoms with Crippen LogP contribution in [0.5, 0.6) is 0 Å². The van der Waals surface area contributed by atoms with E-state index in [0.717, 1.165) is 17.5 Å². The predicted octanol–water partition coefficient (Wildman–Crippen LogP) is 0.956. The van der Waals surface area contributed by atoms with Crippen LogP contribution >= 0.6 is 11.8 Å².